The van der Waals surface area contributed by atoms with Gasteiger partial charge in [0.25, 0.3) is 0 Å². The van der Waals surface area contributed by atoms with Gasteiger partial charge in [0.15, 0.2) is 0 Å². The molecule has 5 nitrogen and oxygen atoms in total. The van der Waals surface area contributed by atoms with Crippen LogP contribution in [-0.4, -0.2) is 34.1 Å². The van der Waals surface area contributed by atoms with Gasteiger partial charge in [-0.15, -0.1) is 11.3 Å². The van der Waals surface area contributed by atoms with Crippen molar-refractivity contribution >= 4 is 33.3 Å². The van der Waals surface area contributed by atoms with E-state index in [2.05, 4.69) is 20.2 Å². The standard InChI is InChI=1S/C15H19N3O2S/c1-9(2)15(14(19)20)4-5-18(7-15)13-12-11(16-8-17-13)10(3)6-21-12/h6,8-9H,4-5,7H2,1-3H3,(H,19,20). The van der Waals surface area contributed by atoms with E-state index in [9.17, 15) is 9.90 Å². The molecule has 3 heterocycles. The Bertz CT molecular complexity index is 697. The first-order valence-electron chi connectivity index (χ1n) is 7.13. The van der Waals surface area contributed by atoms with Crippen LogP contribution in [0.5, 0.6) is 0 Å². The third-order valence-electron chi connectivity index (χ3n) is 4.64. The molecule has 1 aliphatic heterocycles. The molecule has 0 saturated carbocycles. The third kappa shape index (κ3) is 2.09. The van der Waals surface area contributed by atoms with Crippen LogP contribution in [0, 0.1) is 18.3 Å². The van der Waals surface area contributed by atoms with E-state index in [1.54, 1.807) is 17.7 Å². The summed E-state index contributed by atoms with van der Waals surface area (Å²) in [6.07, 6.45) is 2.24. The van der Waals surface area contributed by atoms with Crippen molar-refractivity contribution in [1.29, 1.82) is 0 Å². The van der Waals surface area contributed by atoms with Gasteiger partial charge in [-0.25, -0.2) is 9.97 Å². The second kappa shape index (κ2) is 4.94. The van der Waals surface area contributed by atoms with Crippen molar-refractivity contribution < 1.29 is 9.90 Å². The van der Waals surface area contributed by atoms with E-state index in [1.807, 2.05) is 20.8 Å². The van der Waals surface area contributed by atoms with Crippen LogP contribution in [0.4, 0.5) is 5.82 Å². The maximum absolute atomic E-state index is 11.8. The van der Waals surface area contributed by atoms with Crippen LogP contribution < -0.4 is 4.90 Å². The van der Waals surface area contributed by atoms with Gasteiger partial charge in [0.05, 0.1) is 15.6 Å². The highest BCUT2D eigenvalue weighted by molar-refractivity contribution is 7.18. The molecule has 0 aromatic carbocycles. The molecule has 3 rings (SSSR count). The summed E-state index contributed by atoms with van der Waals surface area (Å²) in [5.74, 6) is 0.275. The Balaban J connectivity index is 2.00. The molecule has 0 bridgehead atoms. The molecule has 112 valence electrons. The molecule has 1 N–H and O–H groups in total. The number of fused-ring (bicyclic) bond motifs is 1. The van der Waals surface area contributed by atoms with E-state index < -0.39 is 11.4 Å². The summed E-state index contributed by atoms with van der Waals surface area (Å²) >= 11 is 1.63. The normalized spacial score (nSPS) is 22.4. The molecule has 6 heteroatoms. The second-order valence-electron chi connectivity index (χ2n) is 6.08. The zero-order chi connectivity index (χ0) is 15.2. The van der Waals surface area contributed by atoms with Gasteiger partial charge in [0.1, 0.15) is 12.1 Å². The first-order valence-corrected chi connectivity index (χ1v) is 8.01. The van der Waals surface area contributed by atoms with Crippen LogP contribution in [-0.2, 0) is 4.79 Å². The lowest BCUT2D eigenvalue weighted by Crippen LogP contribution is -2.39. The summed E-state index contributed by atoms with van der Waals surface area (Å²) in [5.41, 5.74) is 1.44. The first-order chi connectivity index (χ1) is 9.95. The molecule has 0 spiro atoms. The maximum Gasteiger partial charge on any atom is 0.311 e. The summed E-state index contributed by atoms with van der Waals surface area (Å²) in [4.78, 5) is 22.6. The van der Waals surface area contributed by atoms with Crippen LogP contribution in [0.15, 0.2) is 11.7 Å². The SMILES string of the molecule is Cc1csc2c(N3CCC(C(=O)O)(C(C)C)C3)ncnc12. The molecule has 21 heavy (non-hydrogen) atoms. The Hall–Kier alpha value is -1.69. The van der Waals surface area contributed by atoms with Crippen LogP contribution in [0.3, 0.4) is 0 Å². The topological polar surface area (TPSA) is 66.3 Å². The van der Waals surface area contributed by atoms with Gasteiger partial charge >= 0.3 is 5.97 Å². The van der Waals surface area contributed by atoms with Gasteiger partial charge in [-0.1, -0.05) is 13.8 Å². The molecule has 0 aliphatic carbocycles. The fourth-order valence-electron chi connectivity index (χ4n) is 3.09. The minimum atomic E-state index is -0.701. The van der Waals surface area contributed by atoms with E-state index in [4.69, 9.17) is 0 Å². The largest absolute Gasteiger partial charge is 0.481 e. The number of carboxylic acids is 1. The fourth-order valence-corrected chi connectivity index (χ4v) is 4.11. The molecule has 1 saturated heterocycles. The van der Waals surface area contributed by atoms with E-state index in [0.29, 0.717) is 13.0 Å². The summed E-state index contributed by atoms with van der Waals surface area (Å²) in [7, 11) is 0. The lowest BCUT2D eigenvalue weighted by atomic mass is 9.76. The van der Waals surface area contributed by atoms with Gasteiger partial charge in [-0.3, -0.25) is 4.79 Å². The van der Waals surface area contributed by atoms with Crippen LogP contribution >= 0.6 is 11.3 Å². The number of hydrogen-bond donors (Lipinski definition) is 1. The molecule has 2 aromatic rings. The van der Waals surface area contributed by atoms with Gasteiger partial charge in [-0.05, 0) is 30.2 Å². The minimum Gasteiger partial charge on any atom is -0.481 e. The third-order valence-corrected chi connectivity index (χ3v) is 5.73. The first kappa shape index (κ1) is 14.3. The minimum absolute atomic E-state index is 0.0994. The number of thiophene rings is 1. The van der Waals surface area contributed by atoms with Crippen molar-refractivity contribution in [1.82, 2.24) is 9.97 Å². The van der Waals surface area contributed by atoms with Crippen molar-refractivity contribution in [3.63, 3.8) is 0 Å². The summed E-state index contributed by atoms with van der Waals surface area (Å²) in [6.45, 7) is 7.26. The Labute approximate surface area is 127 Å². The zero-order valence-corrected chi connectivity index (χ0v) is 13.3. The molecule has 0 radical (unpaired) electrons. The number of carbonyl (C=O) groups is 1. The molecular formula is C15H19N3O2S. The lowest BCUT2D eigenvalue weighted by molar-refractivity contribution is -0.150. The van der Waals surface area contributed by atoms with Gasteiger partial charge in [0, 0.05) is 13.1 Å². The predicted molar refractivity (Wildman–Crippen MR) is 83.9 cm³/mol. The van der Waals surface area contributed by atoms with Crippen molar-refractivity contribution in [3.8, 4) is 0 Å². The number of aryl methyl sites for hydroxylation is 1. The molecule has 0 amide bonds. The summed E-state index contributed by atoms with van der Waals surface area (Å²) in [5, 5.41) is 11.7. The number of carboxylic acid groups (broad SMARTS) is 1. The molecule has 1 unspecified atom stereocenters. The van der Waals surface area contributed by atoms with Crippen molar-refractivity contribution in [2.24, 2.45) is 11.3 Å². The zero-order valence-electron chi connectivity index (χ0n) is 12.5. The molecule has 2 aromatic heterocycles. The smallest absolute Gasteiger partial charge is 0.311 e. The maximum atomic E-state index is 11.8. The number of hydrogen-bond acceptors (Lipinski definition) is 5. The molecule has 1 fully saturated rings. The van der Waals surface area contributed by atoms with Crippen molar-refractivity contribution in [2.75, 3.05) is 18.0 Å². The van der Waals surface area contributed by atoms with E-state index >= 15 is 0 Å². The average Bonchev–Trinajstić information content (AvgIpc) is 3.04. The predicted octanol–water partition coefficient (Wildman–Crippen LogP) is 2.94. The number of nitrogens with zero attached hydrogens (tertiary/aromatic N) is 3. The molecule has 1 aliphatic rings. The van der Waals surface area contributed by atoms with Crippen molar-refractivity contribution in [2.45, 2.75) is 27.2 Å². The monoisotopic (exact) mass is 305 g/mol. The summed E-state index contributed by atoms with van der Waals surface area (Å²) in [6, 6.07) is 0. The van der Waals surface area contributed by atoms with Gasteiger partial charge < -0.3 is 10.0 Å². The number of aliphatic carboxylic acids is 1. The van der Waals surface area contributed by atoms with E-state index in [-0.39, 0.29) is 5.92 Å². The van der Waals surface area contributed by atoms with Crippen LogP contribution in [0.1, 0.15) is 25.8 Å². The van der Waals surface area contributed by atoms with E-state index in [0.717, 1.165) is 28.1 Å². The number of anilines is 1. The van der Waals surface area contributed by atoms with E-state index in [1.165, 1.54) is 0 Å². The van der Waals surface area contributed by atoms with Crippen molar-refractivity contribution in [3.05, 3.63) is 17.3 Å². The quantitative estimate of drug-likeness (QED) is 0.944. The Kier molecular flexibility index (Phi) is 3.36. The van der Waals surface area contributed by atoms with Gasteiger partial charge in [0.2, 0.25) is 0 Å². The number of aromatic nitrogens is 2. The number of rotatable bonds is 3. The fraction of sp³-hybridized carbons (Fsp3) is 0.533. The Morgan fingerprint density at radius 1 is 1.48 bits per heavy atom. The highest BCUT2D eigenvalue weighted by Crippen LogP contribution is 2.41. The second-order valence-corrected chi connectivity index (χ2v) is 6.96. The molecule has 1 atom stereocenters. The highest BCUT2D eigenvalue weighted by Gasteiger charge is 2.47. The van der Waals surface area contributed by atoms with Crippen LogP contribution in [0.2, 0.25) is 0 Å². The Morgan fingerprint density at radius 2 is 2.24 bits per heavy atom. The molecular weight excluding hydrogens is 286 g/mol. The Morgan fingerprint density at radius 3 is 2.86 bits per heavy atom. The van der Waals surface area contributed by atoms with Gasteiger partial charge in [-0.2, -0.15) is 0 Å². The highest BCUT2D eigenvalue weighted by atomic mass is 32.1. The summed E-state index contributed by atoms with van der Waals surface area (Å²) < 4.78 is 1.06. The average molecular weight is 305 g/mol. The lowest BCUT2D eigenvalue weighted by Gasteiger charge is -2.29. The van der Waals surface area contributed by atoms with Crippen LogP contribution in [0.25, 0.3) is 10.2 Å².